The first kappa shape index (κ1) is 13.4. The van der Waals surface area contributed by atoms with E-state index in [0.29, 0.717) is 5.75 Å². The largest absolute Gasteiger partial charge is 0.502 e. The Morgan fingerprint density at radius 3 is 2.10 bits per heavy atom. The Morgan fingerprint density at radius 2 is 1.43 bits per heavy atom. The van der Waals surface area contributed by atoms with Crippen LogP contribution in [0.2, 0.25) is 0 Å². The molecule has 104 valence electrons. The van der Waals surface area contributed by atoms with Gasteiger partial charge in [0.2, 0.25) is 0 Å². The van der Waals surface area contributed by atoms with Crippen LogP contribution in [0.1, 0.15) is 18.5 Å². The molecule has 2 heteroatoms. The summed E-state index contributed by atoms with van der Waals surface area (Å²) < 4.78 is 2.11. The number of hydrogen-bond donors (Lipinski definition) is 1. The molecule has 0 aliphatic rings. The highest BCUT2D eigenvalue weighted by Crippen LogP contribution is 2.27. The predicted molar refractivity (Wildman–Crippen MR) is 84.0 cm³/mol. The van der Waals surface area contributed by atoms with Gasteiger partial charge in [0, 0.05) is 18.6 Å². The van der Waals surface area contributed by atoms with Crippen LogP contribution >= 0.6 is 0 Å². The number of nitrogens with zero attached hydrogens (tertiary/aromatic N) is 1. The molecule has 3 rings (SSSR count). The Labute approximate surface area is 124 Å². The monoisotopic (exact) mass is 276 g/mol. The molecule has 1 N–H and O–H groups in total. The second-order valence-corrected chi connectivity index (χ2v) is 5.10. The van der Waals surface area contributed by atoms with E-state index >= 15 is 0 Å². The van der Waals surface area contributed by atoms with E-state index in [2.05, 4.69) is 23.6 Å². The van der Waals surface area contributed by atoms with Crippen LogP contribution in [0.15, 0.2) is 79.0 Å². The zero-order chi connectivity index (χ0) is 14.7. The normalized spacial score (nSPS) is 12.0. The van der Waals surface area contributed by atoms with Gasteiger partial charge in [0.15, 0.2) is 18.0 Å². The lowest BCUT2D eigenvalue weighted by Crippen LogP contribution is -2.40. The molecule has 0 amide bonds. The molecule has 0 aliphatic carbocycles. The van der Waals surface area contributed by atoms with Crippen LogP contribution in [0.25, 0.3) is 11.3 Å². The molecular weight excluding hydrogens is 258 g/mol. The molecular formula is C19H18NO+. The van der Waals surface area contributed by atoms with Crippen molar-refractivity contribution in [3.63, 3.8) is 0 Å². The average molecular weight is 276 g/mol. The SMILES string of the molecule is C[C@@H](c1ccccc1)[n+]1cccc(O)c1-c1ccccc1. The van der Waals surface area contributed by atoms with Crippen LogP contribution in [-0.4, -0.2) is 5.11 Å². The molecule has 0 fully saturated rings. The predicted octanol–water partition coefficient (Wildman–Crippen LogP) is 3.96. The van der Waals surface area contributed by atoms with E-state index in [0.717, 1.165) is 11.3 Å². The summed E-state index contributed by atoms with van der Waals surface area (Å²) in [6, 6.07) is 24.1. The van der Waals surface area contributed by atoms with Gasteiger partial charge in [-0.25, -0.2) is 0 Å². The highest BCUT2D eigenvalue weighted by atomic mass is 16.3. The zero-order valence-electron chi connectivity index (χ0n) is 12.0. The van der Waals surface area contributed by atoms with Crippen molar-refractivity contribution in [1.29, 1.82) is 0 Å². The number of pyridine rings is 1. The van der Waals surface area contributed by atoms with E-state index in [-0.39, 0.29) is 6.04 Å². The molecule has 2 nitrogen and oxygen atoms in total. The maximum Gasteiger partial charge on any atom is 0.255 e. The number of aromatic nitrogens is 1. The minimum atomic E-state index is 0.147. The molecule has 1 aromatic heterocycles. The van der Waals surface area contributed by atoms with Gasteiger partial charge in [0.25, 0.3) is 5.69 Å². The minimum Gasteiger partial charge on any atom is -0.502 e. The van der Waals surface area contributed by atoms with Crippen molar-refractivity contribution >= 4 is 0 Å². The van der Waals surface area contributed by atoms with Crippen molar-refractivity contribution in [2.45, 2.75) is 13.0 Å². The van der Waals surface area contributed by atoms with E-state index in [1.807, 2.05) is 60.8 Å². The van der Waals surface area contributed by atoms with Crippen LogP contribution in [0.5, 0.6) is 5.75 Å². The molecule has 1 heterocycles. The molecule has 0 spiro atoms. The molecule has 2 aromatic carbocycles. The van der Waals surface area contributed by atoms with Gasteiger partial charge in [-0.05, 0) is 18.2 Å². The molecule has 0 radical (unpaired) electrons. The molecule has 1 atom stereocenters. The second kappa shape index (κ2) is 5.80. The van der Waals surface area contributed by atoms with Gasteiger partial charge in [0.1, 0.15) is 0 Å². The fraction of sp³-hybridized carbons (Fsp3) is 0.105. The summed E-state index contributed by atoms with van der Waals surface area (Å²) in [5.74, 6) is 0.298. The number of benzene rings is 2. The van der Waals surface area contributed by atoms with Gasteiger partial charge in [-0.1, -0.05) is 48.5 Å². The quantitative estimate of drug-likeness (QED) is 0.719. The highest BCUT2D eigenvalue weighted by molar-refractivity contribution is 5.62. The Kier molecular flexibility index (Phi) is 3.69. The second-order valence-electron chi connectivity index (χ2n) is 5.10. The first-order chi connectivity index (χ1) is 10.3. The van der Waals surface area contributed by atoms with Gasteiger partial charge < -0.3 is 5.11 Å². The fourth-order valence-corrected chi connectivity index (χ4v) is 2.62. The summed E-state index contributed by atoms with van der Waals surface area (Å²) in [5.41, 5.74) is 3.07. The lowest BCUT2D eigenvalue weighted by molar-refractivity contribution is -0.700. The van der Waals surface area contributed by atoms with Crippen molar-refractivity contribution in [3.8, 4) is 17.0 Å². The Morgan fingerprint density at radius 1 is 0.810 bits per heavy atom. The van der Waals surface area contributed by atoms with Crippen molar-refractivity contribution in [2.24, 2.45) is 0 Å². The van der Waals surface area contributed by atoms with Crippen LogP contribution in [0, 0.1) is 0 Å². The third-order valence-corrected chi connectivity index (χ3v) is 3.75. The van der Waals surface area contributed by atoms with Crippen LogP contribution in [0.3, 0.4) is 0 Å². The summed E-state index contributed by atoms with van der Waals surface area (Å²) in [6.07, 6.45) is 2.01. The number of rotatable bonds is 3. The Bertz CT molecular complexity index is 723. The van der Waals surface area contributed by atoms with Gasteiger partial charge >= 0.3 is 0 Å². The van der Waals surface area contributed by atoms with Gasteiger partial charge in [-0.3, -0.25) is 0 Å². The summed E-state index contributed by atoms with van der Waals surface area (Å²) in [5, 5.41) is 10.3. The molecule has 21 heavy (non-hydrogen) atoms. The van der Waals surface area contributed by atoms with Crippen LogP contribution in [-0.2, 0) is 0 Å². The van der Waals surface area contributed by atoms with E-state index in [1.54, 1.807) is 6.07 Å². The first-order valence-electron chi connectivity index (χ1n) is 7.11. The lowest BCUT2D eigenvalue weighted by atomic mass is 10.0. The van der Waals surface area contributed by atoms with Crippen molar-refractivity contribution < 1.29 is 9.67 Å². The van der Waals surface area contributed by atoms with Crippen molar-refractivity contribution in [2.75, 3.05) is 0 Å². The first-order valence-corrected chi connectivity index (χ1v) is 7.11. The van der Waals surface area contributed by atoms with E-state index in [4.69, 9.17) is 0 Å². The fourth-order valence-electron chi connectivity index (χ4n) is 2.62. The smallest absolute Gasteiger partial charge is 0.255 e. The van der Waals surface area contributed by atoms with Crippen LogP contribution < -0.4 is 4.57 Å². The van der Waals surface area contributed by atoms with E-state index in [1.165, 1.54) is 5.56 Å². The molecule has 0 saturated carbocycles. The van der Waals surface area contributed by atoms with Crippen molar-refractivity contribution in [3.05, 3.63) is 84.6 Å². The molecule has 0 unspecified atom stereocenters. The summed E-state index contributed by atoms with van der Waals surface area (Å²) in [4.78, 5) is 0. The summed E-state index contributed by atoms with van der Waals surface area (Å²) in [6.45, 7) is 2.14. The highest BCUT2D eigenvalue weighted by Gasteiger charge is 2.23. The van der Waals surface area contributed by atoms with Crippen LogP contribution in [0.4, 0.5) is 0 Å². The van der Waals surface area contributed by atoms with E-state index in [9.17, 15) is 5.11 Å². The molecule has 0 bridgehead atoms. The Hall–Kier alpha value is -2.61. The van der Waals surface area contributed by atoms with Gasteiger partial charge in [-0.2, -0.15) is 4.57 Å². The molecule has 0 saturated heterocycles. The summed E-state index contributed by atoms with van der Waals surface area (Å²) in [7, 11) is 0. The van der Waals surface area contributed by atoms with Gasteiger partial charge in [0.05, 0.1) is 5.56 Å². The number of hydrogen-bond acceptors (Lipinski definition) is 1. The minimum absolute atomic E-state index is 0.147. The summed E-state index contributed by atoms with van der Waals surface area (Å²) >= 11 is 0. The van der Waals surface area contributed by atoms with Gasteiger partial charge in [-0.15, -0.1) is 0 Å². The average Bonchev–Trinajstić information content (AvgIpc) is 2.55. The van der Waals surface area contributed by atoms with E-state index < -0.39 is 0 Å². The zero-order valence-corrected chi connectivity index (χ0v) is 12.0. The molecule has 0 aliphatic heterocycles. The third kappa shape index (κ3) is 2.65. The maximum absolute atomic E-state index is 10.3. The topological polar surface area (TPSA) is 24.1 Å². The number of aromatic hydroxyl groups is 1. The molecule has 3 aromatic rings. The standard InChI is InChI=1S/C19H17NO/c1-15(16-9-4-2-5-10-16)20-14-8-13-18(21)19(20)17-11-6-3-7-12-17/h2-15H,1H3/p+1/t15-/m0/s1. The lowest BCUT2D eigenvalue weighted by Gasteiger charge is -2.12. The maximum atomic E-state index is 10.3. The van der Waals surface area contributed by atoms with Crippen molar-refractivity contribution in [1.82, 2.24) is 0 Å². The Balaban J connectivity index is 2.14. The third-order valence-electron chi connectivity index (χ3n) is 3.75.